The molecule has 0 amide bonds. The lowest BCUT2D eigenvalue weighted by atomic mass is 9.80. The van der Waals surface area contributed by atoms with Crippen LogP contribution in [-0.4, -0.2) is 34.6 Å². The van der Waals surface area contributed by atoms with Gasteiger partial charge in [-0.2, -0.15) is 0 Å². The predicted octanol–water partition coefficient (Wildman–Crippen LogP) is 3.74. The van der Waals surface area contributed by atoms with Gasteiger partial charge >= 0.3 is 0 Å². The number of aryl methyl sites for hydroxylation is 1. The van der Waals surface area contributed by atoms with Crippen molar-refractivity contribution in [2.45, 2.75) is 33.2 Å². The standard InChI is InChI=1S/C16H23N3S/c1-12-5-4-6-13-14(12)17-15(20)19(13)11-16(2)7-9-18(3)10-8-16/h4-6H,7-11H2,1-3H3,(H,17,20). The Bertz CT molecular complexity index is 675. The lowest BCUT2D eigenvalue weighted by Gasteiger charge is -2.38. The third-order valence-corrected chi connectivity index (χ3v) is 5.08. The second-order valence-electron chi connectivity index (χ2n) is 6.60. The number of aromatic nitrogens is 2. The van der Waals surface area contributed by atoms with Crippen molar-refractivity contribution in [1.82, 2.24) is 14.5 Å². The van der Waals surface area contributed by atoms with Crippen LogP contribution in [0.1, 0.15) is 25.3 Å². The summed E-state index contributed by atoms with van der Waals surface area (Å²) in [6, 6.07) is 6.43. The maximum absolute atomic E-state index is 5.55. The van der Waals surface area contributed by atoms with E-state index in [1.807, 2.05) is 0 Å². The minimum absolute atomic E-state index is 0.351. The predicted molar refractivity (Wildman–Crippen MR) is 86.7 cm³/mol. The fourth-order valence-electron chi connectivity index (χ4n) is 3.18. The average molecular weight is 289 g/mol. The number of fused-ring (bicyclic) bond motifs is 1. The van der Waals surface area contributed by atoms with E-state index in [0.29, 0.717) is 5.41 Å². The van der Waals surface area contributed by atoms with Crippen molar-refractivity contribution in [2.24, 2.45) is 5.41 Å². The third kappa shape index (κ3) is 2.42. The molecular formula is C16H23N3S. The van der Waals surface area contributed by atoms with Crippen LogP contribution < -0.4 is 0 Å². The summed E-state index contributed by atoms with van der Waals surface area (Å²) in [5.41, 5.74) is 4.05. The summed E-state index contributed by atoms with van der Waals surface area (Å²) < 4.78 is 3.15. The number of piperidine rings is 1. The van der Waals surface area contributed by atoms with Gasteiger partial charge < -0.3 is 14.5 Å². The van der Waals surface area contributed by atoms with Crippen molar-refractivity contribution in [3.63, 3.8) is 0 Å². The van der Waals surface area contributed by atoms with Crippen molar-refractivity contribution < 1.29 is 0 Å². The molecule has 1 aromatic carbocycles. The van der Waals surface area contributed by atoms with Gasteiger partial charge in [0, 0.05) is 6.54 Å². The minimum Gasteiger partial charge on any atom is -0.330 e. The molecule has 108 valence electrons. The normalized spacial score (nSPS) is 19.6. The molecule has 1 saturated heterocycles. The van der Waals surface area contributed by atoms with Crippen molar-refractivity contribution >= 4 is 23.3 Å². The fourth-order valence-corrected chi connectivity index (χ4v) is 3.44. The monoisotopic (exact) mass is 289 g/mol. The van der Waals surface area contributed by atoms with Crippen LogP contribution in [-0.2, 0) is 6.54 Å². The van der Waals surface area contributed by atoms with E-state index in [-0.39, 0.29) is 0 Å². The number of rotatable bonds is 2. The van der Waals surface area contributed by atoms with Crippen LogP contribution in [0.25, 0.3) is 11.0 Å². The Morgan fingerprint density at radius 1 is 1.30 bits per heavy atom. The summed E-state index contributed by atoms with van der Waals surface area (Å²) in [4.78, 5) is 5.80. The number of aromatic amines is 1. The molecule has 3 rings (SSSR count). The zero-order valence-corrected chi connectivity index (χ0v) is 13.4. The molecule has 1 aromatic heterocycles. The molecular weight excluding hydrogens is 266 g/mol. The second-order valence-corrected chi connectivity index (χ2v) is 6.99. The molecule has 0 unspecified atom stereocenters. The van der Waals surface area contributed by atoms with Gasteiger partial charge in [-0.3, -0.25) is 0 Å². The molecule has 0 saturated carbocycles. The summed E-state index contributed by atoms with van der Waals surface area (Å²) in [6.45, 7) is 7.92. The molecule has 0 spiro atoms. The highest BCUT2D eigenvalue weighted by atomic mass is 32.1. The zero-order valence-electron chi connectivity index (χ0n) is 12.6. The van der Waals surface area contributed by atoms with E-state index in [9.17, 15) is 0 Å². The van der Waals surface area contributed by atoms with Gasteiger partial charge in [-0.1, -0.05) is 19.1 Å². The van der Waals surface area contributed by atoms with E-state index in [2.05, 4.69) is 53.5 Å². The molecule has 0 radical (unpaired) electrons. The third-order valence-electron chi connectivity index (χ3n) is 4.75. The minimum atomic E-state index is 0.351. The highest BCUT2D eigenvalue weighted by Gasteiger charge is 2.30. The van der Waals surface area contributed by atoms with Crippen LogP contribution in [0.15, 0.2) is 18.2 Å². The number of imidazole rings is 1. The highest BCUT2D eigenvalue weighted by Crippen LogP contribution is 2.33. The topological polar surface area (TPSA) is 24.0 Å². The molecule has 0 aliphatic carbocycles. The van der Waals surface area contributed by atoms with Crippen LogP contribution in [0.3, 0.4) is 0 Å². The summed E-state index contributed by atoms with van der Waals surface area (Å²) in [5.74, 6) is 0. The molecule has 1 aliphatic rings. The summed E-state index contributed by atoms with van der Waals surface area (Å²) >= 11 is 5.55. The van der Waals surface area contributed by atoms with Gasteiger partial charge in [0.15, 0.2) is 4.77 Å². The first kappa shape index (κ1) is 13.8. The van der Waals surface area contributed by atoms with Crippen molar-refractivity contribution in [3.8, 4) is 0 Å². The van der Waals surface area contributed by atoms with Gasteiger partial charge in [0.2, 0.25) is 0 Å². The summed E-state index contributed by atoms with van der Waals surface area (Å²) in [5, 5.41) is 0. The molecule has 20 heavy (non-hydrogen) atoms. The average Bonchev–Trinajstić information content (AvgIpc) is 2.72. The number of para-hydroxylation sites is 1. The van der Waals surface area contributed by atoms with E-state index in [0.717, 1.165) is 11.3 Å². The summed E-state index contributed by atoms with van der Waals surface area (Å²) in [6.07, 6.45) is 2.48. The Morgan fingerprint density at radius 3 is 2.70 bits per heavy atom. The van der Waals surface area contributed by atoms with E-state index in [1.165, 1.54) is 42.5 Å². The van der Waals surface area contributed by atoms with Crippen molar-refractivity contribution in [1.29, 1.82) is 0 Å². The van der Waals surface area contributed by atoms with Gasteiger partial charge in [-0.25, -0.2) is 0 Å². The molecule has 4 heteroatoms. The largest absolute Gasteiger partial charge is 0.330 e. The van der Waals surface area contributed by atoms with Gasteiger partial charge in [0.05, 0.1) is 11.0 Å². The lowest BCUT2D eigenvalue weighted by Crippen LogP contribution is -2.38. The fraction of sp³-hybridized carbons (Fsp3) is 0.562. The van der Waals surface area contributed by atoms with Gasteiger partial charge in [-0.05, 0) is 69.2 Å². The van der Waals surface area contributed by atoms with Gasteiger partial charge in [-0.15, -0.1) is 0 Å². The summed E-state index contributed by atoms with van der Waals surface area (Å²) in [7, 11) is 2.21. The first-order chi connectivity index (χ1) is 9.48. The molecule has 2 heterocycles. The SMILES string of the molecule is Cc1cccc2c1[nH]c(=S)n2CC1(C)CCN(C)CC1. The first-order valence-electron chi connectivity index (χ1n) is 7.35. The number of nitrogens with one attached hydrogen (secondary N) is 1. The molecule has 0 atom stereocenters. The van der Waals surface area contributed by atoms with E-state index in [4.69, 9.17) is 12.2 Å². The molecule has 1 fully saturated rings. The van der Waals surface area contributed by atoms with Crippen LogP contribution in [0.2, 0.25) is 0 Å². The number of benzene rings is 1. The molecule has 1 N–H and O–H groups in total. The Balaban J connectivity index is 1.97. The Morgan fingerprint density at radius 2 is 2.00 bits per heavy atom. The lowest BCUT2D eigenvalue weighted by molar-refractivity contribution is 0.121. The van der Waals surface area contributed by atoms with Crippen LogP contribution in [0.5, 0.6) is 0 Å². The number of hydrogen-bond acceptors (Lipinski definition) is 2. The van der Waals surface area contributed by atoms with Crippen LogP contribution >= 0.6 is 12.2 Å². The Hall–Kier alpha value is -1.13. The number of likely N-dealkylation sites (tertiary alicyclic amines) is 1. The maximum Gasteiger partial charge on any atom is 0.178 e. The molecule has 2 aromatic rings. The first-order valence-corrected chi connectivity index (χ1v) is 7.76. The van der Waals surface area contributed by atoms with Crippen LogP contribution in [0.4, 0.5) is 0 Å². The highest BCUT2D eigenvalue weighted by molar-refractivity contribution is 7.71. The maximum atomic E-state index is 5.55. The van der Waals surface area contributed by atoms with E-state index >= 15 is 0 Å². The van der Waals surface area contributed by atoms with Crippen molar-refractivity contribution in [2.75, 3.05) is 20.1 Å². The zero-order chi connectivity index (χ0) is 14.3. The smallest absolute Gasteiger partial charge is 0.178 e. The Labute approximate surface area is 125 Å². The number of H-pyrrole nitrogens is 1. The van der Waals surface area contributed by atoms with Crippen LogP contribution in [0, 0.1) is 17.1 Å². The second kappa shape index (κ2) is 5.01. The van der Waals surface area contributed by atoms with E-state index < -0.39 is 0 Å². The quantitative estimate of drug-likeness (QED) is 0.852. The molecule has 1 aliphatic heterocycles. The van der Waals surface area contributed by atoms with Gasteiger partial charge in [0.1, 0.15) is 0 Å². The Kier molecular flexibility index (Phi) is 3.46. The molecule has 3 nitrogen and oxygen atoms in total. The van der Waals surface area contributed by atoms with E-state index in [1.54, 1.807) is 0 Å². The van der Waals surface area contributed by atoms with Crippen molar-refractivity contribution in [3.05, 3.63) is 28.5 Å². The van der Waals surface area contributed by atoms with Gasteiger partial charge in [0.25, 0.3) is 0 Å². The number of nitrogens with zero attached hydrogens (tertiary/aromatic N) is 2. The number of hydrogen-bond donors (Lipinski definition) is 1. The molecule has 0 bridgehead atoms.